The molecule has 1 saturated heterocycles. The van der Waals surface area contributed by atoms with Crippen LogP contribution in [0.1, 0.15) is 26.2 Å². The van der Waals surface area contributed by atoms with Crippen molar-refractivity contribution in [1.29, 1.82) is 0 Å². The van der Waals surface area contributed by atoms with Crippen molar-refractivity contribution in [3.63, 3.8) is 0 Å². The summed E-state index contributed by atoms with van der Waals surface area (Å²) >= 11 is 0. The number of carbonyl (C=O) groups excluding carboxylic acids is 1. The van der Waals surface area contributed by atoms with E-state index in [1.807, 2.05) is 6.92 Å². The highest BCUT2D eigenvalue weighted by Gasteiger charge is 2.74. The van der Waals surface area contributed by atoms with Gasteiger partial charge in [-0.15, -0.1) is 0 Å². The number of carbonyl (C=O) groups is 1. The number of methoxy groups -OCH3 is 1. The van der Waals surface area contributed by atoms with Crippen molar-refractivity contribution in [3.05, 3.63) is 0 Å². The van der Waals surface area contributed by atoms with Crippen molar-refractivity contribution in [2.24, 2.45) is 0 Å². The fourth-order valence-electron chi connectivity index (χ4n) is 2.13. The Morgan fingerprint density at radius 2 is 2.27 bits per heavy atom. The summed E-state index contributed by atoms with van der Waals surface area (Å²) < 4.78 is 10.1. The Balaban J connectivity index is 2.20. The summed E-state index contributed by atoms with van der Waals surface area (Å²) in [7, 11) is 1.41. The van der Waals surface area contributed by atoms with Gasteiger partial charge in [-0.1, -0.05) is 0 Å². The second-order valence-electron chi connectivity index (χ2n) is 3.51. The first-order valence-electron chi connectivity index (χ1n) is 3.93. The van der Waals surface area contributed by atoms with Gasteiger partial charge in [0.1, 0.15) is 5.60 Å². The van der Waals surface area contributed by atoms with Crippen molar-refractivity contribution in [1.82, 2.24) is 0 Å². The lowest BCUT2D eigenvalue weighted by atomic mass is 9.99. The topological polar surface area (TPSA) is 38.8 Å². The maximum Gasteiger partial charge on any atom is 0.341 e. The number of hydrogen-bond donors (Lipinski definition) is 0. The van der Waals surface area contributed by atoms with E-state index >= 15 is 0 Å². The van der Waals surface area contributed by atoms with Crippen LogP contribution in [0.25, 0.3) is 0 Å². The van der Waals surface area contributed by atoms with Gasteiger partial charge in [0.05, 0.1) is 7.11 Å². The highest BCUT2D eigenvalue weighted by atomic mass is 16.7. The summed E-state index contributed by atoms with van der Waals surface area (Å²) in [6.07, 6.45) is 2.89. The van der Waals surface area contributed by atoms with Gasteiger partial charge in [-0.2, -0.15) is 0 Å². The number of epoxide rings is 1. The van der Waals surface area contributed by atoms with E-state index in [9.17, 15) is 4.79 Å². The van der Waals surface area contributed by atoms with Crippen molar-refractivity contribution >= 4 is 5.97 Å². The second kappa shape index (κ2) is 1.78. The molecular weight excluding hydrogens is 144 g/mol. The molecule has 0 aromatic rings. The van der Waals surface area contributed by atoms with Gasteiger partial charge in [-0.05, 0) is 26.2 Å². The van der Waals surface area contributed by atoms with Crippen molar-refractivity contribution < 1.29 is 14.3 Å². The highest BCUT2D eigenvalue weighted by molar-refractivity contribution is 5.85. The Labute approximate surface area is 65.7 Å². The molecule has 2 atom stereocenters. The molecule has 0 bridgehead atoms. The molecule has 2 unspecified atom stereocenters. The summed E-state index contributed by atoms with van der Waals surface area (Å²) in [4.78, 5) is 11.2. The maximum absolute atomic E-state index is 11.2. The average Bonchev–Trinajstić information content (AvgIpc) is 2.46. The van der Waals surface area contributed by atoms with Gasteiger partial charge in [-0.25, -0.2) is 4.79 Å². The van der Waals surface area contributed by atoms with Crippen LogP contribution in [0.2, 0.25) is 0 Å². The van der Waals surface area contributed by atoms with Gasteiger partial charge >= 0.3 is 5.97 Å². The Hall–Kier alpha value is -0.570. The number of hydrogen-bond acceptors (Lipinski definition) is 3. The van der Waals surface area contributed by atoms with E-state index in [4.69, 9.17) is 4.74 Å². The van der Waals surface area contributed by atoms with Crippen LogP contribution in [-0.4, -0.2) is 24.3 Å². The Bertz CT molecular complexity index is 209. The van der Waals surface area contributed by atoms with Gasteiger partial charge in [0.2, 0.25) is 0 Å². The molecule has 0 amide bonds. The SMILES string of the molecule is COC(=O)C12CCCC1(C)O2. The molecule has 11 heavy (non-hydrogen) atoms. The molecule has 1 heterocycles. The van der Waals surface area contributed by atoms with E-state index < -0.39 is 5.60 Å². The summed E-state index contributed by atoms with van der Waals surface area (Å²) in [5.41, 5.74) is -0.748. The van der Waals surface area contributed by atoms with Crippen LogP contribution >= 0.6 is 0 Å². The van der Waals surface area contributed by atoms with E-state index in [-0.39, 0.29) is 11.6 Å². The summed E-state index contributed by atoms with van der Waals surface area (Å²) in [5.74, 6) is -0.197. The third-order valence-electron chi connectivity index (χ3n) is 2.91. The smallest absolute Gasteiger partial charge is 0.341 e. The minimum atomic E-state index is -0.554. The third kappa shape index (κ3) is 0.644. The largest absolute Gasteiger partial charge is 0.467 e. The fraction of sp³-hybridized carbons (Fsp3) is 0.875. The third-order valence-corrected chi connectivity index (χ3v) is 2.91. The molecule has 2 aliphatic rings. The van der Waals surface area contributed by atoms with Crippen molar-refractivity contribution in [2.45, 2.75) is 37.4 Å². The molecule has 1 saturated carbocycles. The summed E-state index contributed by atoms with van der Waals surface area (Å²) in [6.45, 7) is 1.98. The second-order valence-corrected chi connectivity index (χ2v) is 3.51. The fourth-order valence-corrected chi connectivity index (χ4v) is 2.13. The van der Waals surface area contributed by atoms with Crippen LogP contribution in [0.4, 0.5) is 0 Å². The van der Waals surface area contributed by atoms with Crippen molar-refractivity contribution in [2.75, 3.05) is 7.11 Å². The van der Waals surface area contributed by atoms with Gasteiger partial charge < -0.3 is 9.47 Å². The quantitative estimate of drug-likeness (QED) is 0.417. The lowest BCUT2D eigenvalue weighted by molar-refractivity contribution is -0.147. The standard InChI is InChI=1S/C8H12O3/c1-7-4-3-5-8(7,11-7)6(9)10-2/h3-5H2,1-2H3. The van der Waals surface area contributed by atoms with E-state index in [0.29, 0.717) is 0 Å². The zero-order valence-corrected chi connectivity index (χ0v) is 6.85. The zero-order chi connectivity index (χ0) is 8.11. The Morgan fingerprint density at radius 1 is 1.55 bits per heavy atom. The lowest BCUT2D eigenvalue weighted by Gasteiger charge is -2.04. The Kier molecular flexibility index (Phi) is 1.15. The van der Waals surface area contributed by atoms with Gasteiger partial charge in [0.15, 0.2) is 5.60 Å². The van der Waals surface area contributed by atoms with Gasteiger partial charge in [-0.3, -0.25) is 0 Å². The van der Waals surface area contributed by atoms with Crippen LogP contribution in [-0.2, 0) is 14.3 Å². The van der Waals surface area contributed by atoms with Gasteiger partial charge in [0.25, 0.3) is 0 Å². The highest BCUT2D eigenvalue weighted by Crippen LogP contribution is 2.59. The van der Waals surface area contributed by atoms with Crippen LogP contribution in [0.5, 0.6) is 0 Å². The van der Waals surface area contributed by atoms with E-state index in [0.717, 1.165) is 19.3 Å². The normalized spacial score (nSPS) is 46.7. The first-order valence-corrected chi connectivity index (χ1v) is 3.93. The predicted octanol–water partition coefficient (Wildman–Crippen LogP) is 0.871. The molecule has 3 heteroatoms. The maximum atomic E-state index is 11.2. The predicted molar refractivity (Wildman–Crippen MR) is 38.1 cm³/mol. The van der Waals surface area contributed by atoms with Crippen LogP contribution in [0.3, 0.4) is 0 Å². The van der Waals surface area contributed by atoms with Gasteiger partial charge in [0, 0.05) is 0 Å². The lowest BCUT2D eigenvalue weighted by Crippen LogP contribution is -2.29. The molecule has 1 aliphatic carbocycles. The molecule has 1 aliphatic heterocycles. The monoisotopic (exact) mass is 156 g/mol. The molecule has 62 valence electrons. The first kappa shape index (κ1) is 7.10. The minimum Gasteiger partial charge on any atom is -0.467 e. The van der Waals surface area contributed by atoms with Crippen LogP contribution < -0.4 is 0 Å². The average molecular weight is 156 g/mol. The van der Waals surface area contributed by atoms with Crippen molar-refractivity contribution in [3.8, 4) is 0 Å². The molecule has 0 radical (unpaired) electrons. The molecule has 0 N–H and O–H groups in total. The minimum absolute atomic E-state index is 0.194. The molecule has 0 aromatic heterocycles. The number of fused-ring (bicyclic) bond motifs is 1. The number of esters is 1. The molecular formula is C8H12O3. The molecule has 2 fully saturated rings. The van der Waals surface area contributed by atoms with Crippen LogP contribution in [0, 0.1) is 0 Å². The molecule has 0 spiro atoms. The number of rotatable bonds is 1. The van der Waals surface area contributed by atoms with Crippen LogP contribution in [0.15, 0.2) is 0 Å². The molecule has 3 nitrogen and oxygen atoms in total. The van der Waals surface area contributed by atoms with E-state index in [2.05, 4.69) is 4.74 Å². The van der Waals surface area contributed by atoms with E-state index in [1.54, 1.807) is 0 Å². The molecule has 0 aromatic carbocycles. The number of ether oxygens (including phenoxy) is 2. The summed E-state index contributed by atoms with van der Waals surface area (Å²) in [6, 6.07) is 0. The zero-order valence-electron chi connectivity index (χ0n) is 6.85. The van der Waals surface area contributed by atoms with E-state index in [1.165, 1.54) is 7.11 Å². The first-order chi connectivity index (χ1) is 5.15. The summed E-state index contributed by atoms with van der Waals surface area (Å²) in [5, 5.41) is 0. The molecule has 2 rings (SSSR count). The Morgan fingerprint density at radius 3 is 2.64 bits per heavy atom.